The van der Waals surface area contributed by atoms with Crippen molar-refractivity contribution in [2.75, 3.05) is 6.54 Å². The first-order valence-corrected chi connectivity index (χ1v) is 11.7. The molecule has 1 amide bonds. The zero-order valence-electron chi connectivity index (χ0n) is 20.0. The van der Waals surface area contributed by atoms with Crippen LogP contribution in [-0.4, -0.2) is 49.1 Å². The second kappa shape index (κ2) is 9.30. The molecular weight excluding hydrogens is 509 g/mol. The minimum atomic E-state index is -4.55. The number of carbonyl (C=O) groups excluding carboxylic acids is 1. The number of carbonyl (C=O) groups is 1. The van der Waals surface area contributed by atoms with Crippen LogP contribution in [-0.2, 0) is 12.7 Å². The molecule has 198 valence electrons. The number of aromatic nitrogens is 3. The van der Waals surface area contributed by atoms with Gasteiger partial charge in [-0.25, -0.2) is 23.7 Å². The highest BCUT2D eigenvalue weighted by atomic mass is 19.4. The van der Waals surface area contributed by atoms with Crippen LogP contribution in [0.25, 0.3) is 0 Å². The van der Waals surface area contributed by atoms with Crippen LogP contribution < -0.4 is 5.73 Å². The van der Waals surface area contributed by atoms with E-state index in [1.54, 1.807) is 19.1 Å². The van der Waals surface area contributed by atoms with Gasteiger partial charge in [-0.15, -0.1) is 0 Å². The predicted molar refractivity (Wildman–Crippen MR) is 126 cm³/mol. The molecule has 0 bridgehead atoms. The van der Waals surface area contributed by atoms with Crippen molar-refractivity contribution in [1.29, 1.82) is 0 Å². The molecule has 4 heterocycles. The van der Waals surface area contributed by atoms with Gasteiger partial charge in [0, 0.05) is 36.1 Å². The van der Waals surface area contributed by atoms with Crippen LogP contribution in [0.1, 0.15) is 58.4 Å². The largest absolute Gasteiger partial charge is 0.417 e. The Labute approximate surface area is 214 Å². The topological polar surface area (TPSA) is 101 Å². The minimum absolute atomic E-state index is 0.0106. The average molecular weight is 531 g/mol. The van der Waals surface area contributed by atoms with E-state index in [0.29, 0.717) is 23.3 Å². The Morgan fingerprint density at radius 3 is 2.58 bits per heavy atom. The number of aliphatic imine (C=N–C) groups is 1. The molecule has 8 nitrogen and oxygen atoms in total. The van der Waals surface area contributed by atoms with Crippen LogP contribution in [0.5, 0.6) is 0 Å². The predicted octanol–water partition coefficient (Wildman–Crippen LogP) is 4.64. The summed E-state index contributed by atoms with van der Waals surface area (Å²) in [5, 5.41) is 0. The Kier molecular flexibility index (Phi) is 6.24. The normalized spacial score (nSPS) is 18.8. The van der Waals surface area contributed by atoms with E-state index in [9.17, 15) is 26.7 Å². The van der Waals surface area contributed by atoms with Crippen LogP contribution in [0.4, 0.5) is 27.6 Å². The zero-order valence-corrected chi connectivity index (χ0v) is 20.0. The summed E-state index contributed by atoms with van der Waals surface area (Å²) in [6, 6.07) is 6.83. The van der Waals surface area contributed by atoms with Gasteiger partial charge in [-0.1, -0.05) is 0 Å². The zero-order chi connectivity index (χ0) is 27.2. The van der Waals surface area contributed by atoms with Gasteiger partial charge >= 0.3 is 6.18 Å². The number of pyridine rings is 1. The first kappa shape index (κ1) is 25.5. The Balaban J connectivity index is 1.50. The van der Waals surface area contributed by atoms with Gasteiger partial charge < -0.3 is 15.5 Å². The van der Waals surface area contributed by atoms with Crippen molar-refractivity contribution in [2.24, 2.45) is 10.7 Å². The Hall–Kier alpha value is -4.16. The van der Waals surface area contributed by atoms with Crippen molar-refractivity contribution in [1.82, 2.24) is 24.8 Å². The van der Waals surface area contributed by atoms with Crippen molar-refractivity contribution in [3.63, 3.8) is 0 Å². The lowest BCUT2D eigenvalue weighted by atomic mass is 9.97. The van der Waals surface area contributed by atoms with E-state index in [-0.39, 0.29) is 23.8 Å². The summed E-state index contributed by atoms with van der Waals surface area (Å²) < 4.78 is 67.4. The highest BCUT2D eigenvalue weighted by molar-refractivity contribution is 5.96. The summed E-state index contributed by atoms with van der Waals surface area (Å²) in [6.07, 6.45) is -1.30. The van der Waals surface area contributed by atoms with E-state index < -0.39 is 48.6 Å². The lowest BCUT2D eigenvalue weighted by molar-refractivity contribution is -0.137. The summed E-state index contributed by atoms with van der Waals surface area (Å²) in [6.45, 7) is 0.963. The van der Waals surface area contributed by atoms with Gasteiger partial charge in [-0.3, -0.25) is 9.78 Å². The number of nitrogens with zero attached hydrogens (tertiary/aromatic N) is 6. The van der Waals surface area contributed by atoms with E-state index in [1.165, 1.54) is 40.4 Å². The van der Waals surface area contributed by atoms with E-state index >= 15 is 0 Å². The molecule has 2 aromatic heterocycles. The summed E-state index contributed by atoms with van der Waals surface area (Å²) in [7, 11) is 0. The number of halogens is 5. The minimum Gasteiger partial charge on any atom is -0.369 e. The number of rotatable bonds is 5. The van der Waals surface area contributed by atoms with E-state index in [2.05, 4.69) is 19.9 Å². The van der Waals surface area contributed by atoms with E-state index in [1.807, 2.05) is 0 Å². The number of guanidine groups is 1. The maximum atomic E-state index is 14.2. The second-order valence-electron chi connectivity index (χ2n) is 9.20. The molecule has 3 aromatic rings. The molecule has 13 heteroatoms. The third-order valence-electron chi connectivity index (χ3n) is 6.60. The summed E-state index contributed by atoms with van der Waals surface area (Å²) in [4.78, 5) is 33.0. The molecule has 0 saturated carbocycles. The molecule has 1 unspecified atom stereocenters. The summed E-state index contributed by atoms with van der Waals surface area (Å²) in [5.41, 5.74) is 6.23. The second-order valence-corrected chi connectivity index (χ2v) is 9.20. The molecule has 0 aliphatic carbocycles. The highest BCUT2D eigenvalue weighted by Crippen LogP contribution is 2.46. The van der Waals surface area contributed by atoms with Crippen molar-refractivity contribution in [2.45, 2.75) is 44.1 Å². The third kappa shape index (κ3) is 4.87. The molecule has 0 spiro atoms. The van der Waals surface area contributed by atoms with Gasteiger partial charge in [0.05, 0.1) is 42.1 Å². The first-order chi connectivity index (χ1) is 17.9. The third-order valence-corrected chi connectivity index (χ3v) is 6.60. The van der Waals surface area contributed by atoms with E-state index in [4.69, 9.17) is 5.73 Å². The fourth-order valence-corrected chi connectivity index (χ4v) is 4.66. The Morgan fingerprint density at radius 2 is 1.92 bits per heavy atom. The fraction of sp³-hybridized carbons (Fsp3) is 0.320. The number of nitrogens with two attached hydrogens (primary N) is 1. The molecule has 2 N–H and O–H groups in total. The van der Waals surface area contributed by atoms with Crippen molar-refractivity contribution in [3.8, 4) is 0 Å². The summed E-state index contributed by atoms with van der Waals surface area (Å²) in [5.74, 6) is -3.17. The van der Waals surface area contributed by atoms with Crippen LogP contribution >= 0.6 is 0 Å². The lowest BCUT2D eigenvalue weighted by Gasteiger charge is -2.31. The molecule has 38 heavy (non-hydrogen) atoms. The van der Waals surface area contributed by atoms with Crippen LogP contribution in [0.2, 0.25) is 0 Å². The van der Waals surface area contributed by atoms with Gasteiger partial charge in [-0.2, -0.15) is 13.2 Å². The molecule has 2 aliphatic rings. The highest BCUT2D eigenvalue weighted by Gasteiger charge is 2.48. The quantitative estimate of drug-likeness (QED) is 0.482. The Morgan fingerprint density at radius 1 is 1.18 bits per heavy atom. The number of benzene rings is 1. The number of hydrogen-bond acceptors (Lipinski definition) is 7. The fourth-order valence-electron chi connectivity index (χ4n) is 4.66. The molecule has 0 radical (unpaired) electrons. The molecule has 2 aliphatic heterocycles. The molecule has 1 aromatic carbocycles. The van der Waals surface area contributed by atoms with Gasteiger partial charge in [-0.05, 0) is 43.3 Å². The van der Waals surface area contributed by atoms with Crippen molar-refractivity contribution < 1.29 is 26.7 Å². The lowest BCUT2D eigenvalue weighted by Crippen LogP contribution is -2.40. The maximum Gasteiger partial charge on any atom is 0.417 e. The standard InChI is InChI=1S/C25H22F5N7O/c1-14(21-32-7-2-8-33-21)36(12-17-5-4-16(11-34-17)25(28,29)30)22(38)15-3-6-19-18(9-15)20-10-24(26,27)13-37(20)23(31)35-19/h2-9,11,14,20H,10,12-13H2,1H3,(H2,31,35)/t14-,20?/m1/s1. The Bertz CT molecular complexity index is 1380. The molecular formula is C25H22F5N7O. The van der Waals surface area contributed by atoms with Crippen molar-refractivity contribution in [3.05, 3.63) is 83.2 Å². The SMILES string of the molecule is C[C@H](c1ncccn1)N(Cc1ccc(C(F)(F)F)cn1)C(=O)c1ccc2c(c1)C1CC(F)(F)CN1C(N)=N2. The monoisotopic (exact) mass is 531 g/mol. The number of alkyl halides is 5. The van der Waals surface area contributed by atoms with Crippen LogP contribution in [0, 0.1) is 0 Å². The smallest absolute Gasteiger partial charge is 0.369 e. The first-order valence-electron chi connectivity index (χ1n) is 11.7. The van der Waals surface area contributed by atoms with Gasteiger partial charge in [0.2, 0.25) is 0 Å². The van der Waals surface area contributed by atoms with Gasteiger partial charge in [0.1, 0.15) is 5.82 Å². The number of amides is 1. The molecule has 1 saturated heterocycles. The van der Waals surface area contributed by atoms with Crippen LogP contribution in [0.15, 0.2) is 60.0 Å². The summed E-state index contributed by atoms with van der Waals surface area (Å²) >= 11 is 0. The average Bonchev–Trinajstić information content (AvgIpc) is 3.23. The van der Waals surface area contributed by atoms with Crippen molar-refractivity contribution >= 4 is 17.6 Å². The van der Waals surface area contributed by atoms with Gasteiger partial charge in [0.15, 0.2) is 5.96 Å². The molecule has 2 atom stereocenters. The van der Waals surface area contributed by atoms with Gasteiger partial charge in [0.25, 0.3) is 11.8 Å². The number of fused-ring (bicyclic) bond motifs is 3. The maximum absolute atomic E-state index is 14.2. The van der Waals surface area contributed by atoms with Crippen LogP contribution in [0.3, 0.4) is 0 Å². The number of hydrogen-bond donors (Lipinski definition) is 1. The van der Waals surface area contributed by atoms with E-state index in [0.717, 1.165) is 6.07 Å². The molecule has 5 rings (SSSR count). The molecule has 1 fully saturated rings.